The van der Waals surface area contributed by atoms with Gasteiger partial charge < -0.3 is 19.9 Å². The summed E-state index contributed by atoms with van der Waals surface area (Å²) in [5.74, 6) is -0.138. The van der Waals surface area contributed by atoms with Crippen LogP contribution in [-0.2, 0) is 23.0 Å². The predicted octanol–water partition coefficient (Wildman–Crippen LogP) is 4.45. The molecule has 0 aliphatic heterocycles. The highest BCUT2D eigenvalue weighted by molar-refractivity contribution is 5.88. The molecule has 1 aromatic heterocycles. The second kappa shape index (κ2) is 9.54. The van der Waals surface area contributed by atoms with Gasteiger partial charge in [0, 0.05) is 36.6 Å². The van der Waals surface area contributed by atoms with E-state index in [1.807, 2.05) is 46.1 Å². The number of nitrogens with zero attached hydrogens (tertiary/aromatic N) is 1. The fourth-order valence-electron chi connectivity index (χ4n) is 4.19. The van der Waals surface area contributed by atoms with E-state index in [-0.39, 0.29) is 11.9 Å². The Labute approximate surface area is 179 Å². The summed E-state index contributed by atoms with van der Waals surface area (Å²) in [5.41, 5.74) is 1.52. The molecule has 0 spiro atoms. The molecule has 2 N–H and O–H groups in total. The molecule has 1 aromatic carbocycles. The second-order valence-corrected chi connectivity index (χ2v) is 9.38. The first kappa shape index (κ1) is 22.2. The second-order valence-electron chi connectivity index (χ2n) is 9.38. The molecule has 0 saturated heterocycles. The molecule has 1 saturated carbocycles. The van der Waals surface area contributed by atoms with E-state index in [1.54, 1.807) is 0 Å². The SMILES string of the molecule is Cn1cc(CC(NC(=O)OC(C)(C)C)C(=O)NC2CCCCCC2)c2ccccc21. The van der Waals surface area contributed by atoms with Gasteiger partial charge in [-0.05, 0) is 45.2 Å². The van der Waals surface area contributed by atoms with Gasteiger partial charge in [-0.25, -0.2) is 4.79 Å². The average Bonchev–Trinajstić information content (AvgIpc) is 2.83. The molecular formula is C24H35N3O3. The Morgan fingerprint density at radius 2 is 1.80 bits per heavy atom. The van der Waals surface area contributed by atoms with Crippen molar-refractivity contribution in [3.8, 4) is 0 Å². The van der Waals surface area contributed by atoms with E-state index in [9.17, 15) is 9.59 Å². The molecule has 6 nitrogen and oxygen atoms in total. The van der Waals surface area contributed by atoms with Gasteiger partial charge in [0.15, 0.2) is 0 Å². The summed E-state index contributed by atoms with van der Waals surface area (Å²) in [5, 5.41) is 7.10. The molecule has 2 aromatic rings. The van der Waals surface area contributed by atoms with E-state index in [0.29, 0.717) is 6.42 Å². The van der Waals surface area contributed by atoms with E-state index in [0.717, 1.165) is 42.1 Å². The molecule has 1 fully saturated rings. The van der Waals surface area contributed by atoms with Crippen LogP contribution in [0.4, 0.5) is 4.79 Å². The molecule has 2 amide bonds. The van der Waals surface area contributed by atoms with E-state index in [4.69, 9.17) is 4.74 Å². The molecular weight excluding hydrogens is 378 g/mol. The fourth-order valence-corrected chi connectivity index (χ4v) is 4.19. The first-order valence-corrected chi connectivity index (χ1v) is 11.1. The number of alkyl carbamates (subject to hydrolysis) is 1. The lowest BCUT2D eigenvalue weighted by Gasteiger charge is -2.25. The number of hydrogen-bond donors (Lipinski definition) is 2. The van der Waals surface area contributed by atoms with Crippen molar-refractivity contribution in [3.63, 3.8) is 0 Å². The quantitative estimate of drug-likeness (QED) is 0.711. The highest BCUT2D eigenvalue weighted by atomic mass is 16.6. The van der Waals surface area contributed by atoms with Crippen molar-refractivity contribution >= 4 is 22.9 Å². The number of aryl methyl sites for hydroxylation is 1. The van der Waals surface area contributed by atoms with Crippen LogP contribution in [0.5, 0.6) is 0 Å². The van der Waals surface area contributed by atoms with Crippen LogP contribution in [0.3, 0.4) is 0 Å². The van der Waals surface area contributed by atoms with Gasteiger partial charge in [0.25, 0.3) is 0 Å². The lowest BCUT2D eigenvalue weighted by Crippen LogP contribution is -2.51. The number of nitrogens with one attached hydrogen (secondary N) is 2. The van der Waals surface area contributed by atoms with Gasteiger partial charge in [0.1, 0.15) is 11.6 Å². The number of carbonyl (C=O) groups excluding carboxylic acids is 2. The minimum absolute atomic E-state index is 0.138. The third-order valence-electron chi connectivity index (χ3n) is 5.61. The van der Waals surface area contributed by atoms with E-state index < -0.39 is 17.7 Å². The zero-order valence-electron chi connectivity index (χ0n) is 18.7. The third kappa shape index (κ3) is 6.00. The Hall–Kier alpha value is -2.50. The van der Waals surface area contributed by atoms with Crippen LogP contribution in [0, 0.1) is 0 Å². The van der Waals surface area contributed by atoms with Crippen molar-refractivity contribution in [2.45, 2.75) is 83.4 Å². The Balaban J connectivity index is 1.79. The molecule has 1 aliphatic carbocycles. The van der Waals surface area contributed by atoms with Gasteiger partial charge in [0.2, 0.25) is 5.91 Å². The number of aromatic nitrogens is 1. The molecule has 3 rings (SSSR count). The van der Waals surface area contributed by atoms with Crippen molar-refractivity contribution in [2.75, 3.05) is 0 Å². The molecule has 164 valence electrons. The smallest absolute Gasteiger partial charge is 0.408 e. The number of para-hydroxylation sites is 1. The van der Waals surface area contributed by atoms with Crippen LogP contribution >= 0.6 is 0 Å². The predicted molar refractivity (Wildman–Crippen MR) is 119 cm³/mol. The summed E-state index contributed by atoms with van der Waals surface area (Å²) in [4.78, 5) is 25.6. The van der Waals surface area contributed by atoms with Gasteiger partial charge in [-0.15, -0.1) is 0 Å². The van der Waals surface area contributed by atoms with E-state index in [2.05, 4.69) is 27.3 Å². The lowest BCUT2D eigenvalue weighted by molar-refractivity contribution is -0.124. The molecule has 6 heteroatoms. The number of ether oxygens (including phenoxy) is 1. The van der Waals surface area contributed by atoms with Gasteiger partial charge in [-0.1, -0.05) is 43.9 Å². The molecule has 1 aliphatic rings. The van der Waals surface area contributed by atoms with Crippen molar-refractivity contribution in [1.82, 2.24) is 15.2 Å². The number of rotatable bonds is 5. The number of fused-ring (bicyclic) bond motifs is 1. The summed E-state index contributed by atoms with van der Waals surface area (Å²) >= 11 is 0. The van der Waals surface area contributed by atoms with Gasteiger partial charge >= 0.3 is 6.09 Å². The molecule has 1 heterocycles. The summed E-state index contributed by atoms with van der Waals surface area (Å²) in [7, 11) is 1.99. The average molecular weight is 414 g/mol. The fraction of sp³-hybridized carbons (Fsp3) is 0.583. The van der Waals surface area contributed by atoms with Crippen molar-refractivity contribution in [2.24, 2.45) is 7.05 Å². The van der Waals surface area contributed by atoms with Gasteiger partial charge in [0.05, 0.1) is 0 Å². The molecule has 1 atom stereocenters. The van der Waals surface area contributed by atoms with Crippen LogP contribution in [0.15, 0.2) is 30.5 Å². The Bertz CT molecular complexity index is 873. The minimum Gasteiger partial charge on any atom is -0.444 e. The Kier molecular flexibility index (Phi) is 7.06. The maximum absolute atomic E-state index is 13.2. The maximum atomic E-state index is 13.2. The summed E-state index contributed by atoms with van der Waals surface area (Å²) in [6, 6.07) is 7.60. The maximum Gasteiger partial charge on any atom is 0.408 e. The van der Waals surface area contributed by atoms with Crippen molar-refractivity contribution < 1.29 is 14.3 Å². The summed E-state index contributed by atoms with van der Waals surface area (Å²) in [6.07, 6.45) is 8.61. The van der Waals surface area contributed by atoms with E-state index >= 15 is 0 Å². The third-order valence-corrected chi connectivity index (χ3v) is 5.61. The van der Waals surface area contributed by atoms with Crippen LogP contribution in [-0.4, -0.2) is 34.3 Å². The minimum atomic E-state index is -0.686. The van der Waals surface area contributed by atoms with Crippen LogP contribution in [0.25, 0.3) is 10.9 Å². The van der Waals surface area contributed by atoms with Gasteiger partial charge in [-0.3, -0.25) is 4.79 Å². The molecule has 1 unspecified atom stereocenters. The Morgan fingerprint density at radius 1 is 1.13 bits per heavy atom. The first-order valence-electron chi connectivity index (χ1n) is 11.1. The Morgan fingerprint density at radius 3 is 2.47 bits per heavy atom. The number of carbonyl (C=O) groups is 2. The van der Waals surface area contributed by atoms with Crippen LogP contribution in [0.2, 0.25) is 0 Å². The van der Waals surface area contributed by atoms with Crippen molar-refractivity contribution in [1.29, 1.82) is 0 Å². The standard InChI is InChI=1S/C24H35N3O3/c1-24(2,3)30-23(29)26-20(22(28)25-18-11-7-5-6-8-12-18)15-17-16-27(4)21-14-10-9-13-19(17)21/h9-10,13-14,16,18,20H,5-8,11-12,15H2,1-4H3,(H,25,28)(H,26,29). The van der Waals surface area contributed by atoms with E-state index in [1.165, 1.54) is 12.8 Å². The van der Waals surface area contributed by atoms with Crippen LogP contribution < -0.4 is 10.6 Å². The monoisotopic (exact) mass is 413 g/mol. The number of benzene rings is 1. The van der Waals surface area contributed by atoms with Gasteiger partial charge in [-0.2, -0.15) is 0 Å². The highest BCUT2D eigenvalue weighted by Gasteiger charge is 2.27. The molecule has 30 heavy (non-hydrogen) atoms. The topological polar surface area (TPSA) is 72.4 Å². The highest BCUT2D eigenvalue weighted by Crippen LogP contribution is 2.22. The molecule has 0 bridgehead atoms. The zero-order chi connectivity index (χ0) is 21.7. The first-order chi connectivity index (χ1) is 14.2. The summed E-state index contributed by atoms with van der Waals surface area (Å²) in [6.45, 7) is 5.45. The summed E-state index contributed by atoms with van der Waals surface area (Å²) < 4.78 is 7.48. The zero-order valence-corrected chi connectivity index (χ0v) is 18.7. The number of hydrogen-bond acceptors (Lipinski definition) is 3. The van der Waals surface area contributed by atoms with Crippen LogP contribution in [0.1, 0.15) is 64.9 Å². The van der Waals surface area contributed by atoms with Crippen molar-refractivity contribution in [3.05, 3.63) is 36.0 Å². The number of amides is 2. The largest absolute Gasteiger partial charge is 0.444 e. The lowest BCUT2D eigenvalue weighted by atomic mass is 10.0. The normalized spacial score (nSPS) is 16.7. The molecule has 0 radical (unpaired) electrons.